The number of benzene rings is 2. The Morgan fingerprint density at radius 1 is 1.03 bits per heavy atom. The second-order valence-corrected chi connectivity index (χ2v) is 8.61. The first-order valence-corrected chi connectivity index (χ1v) is 11.9. The van der Waals surface area contributed by atoms with Crippen molar-refractivity contribution in [2.75, 3.05) is 19.1 Å². The molecule has 1 aliphatic rings. The number of amides is 2. The molecule has 1 fully saturated rings. The number of halogens is 1. The lowest BCUT2D eigenvalue weighted by atomic mass is 9.94. The maximum Gasteiger partial charge on any atom is 0.279 e. The monoisotopic (exact) mass is 492 g/mol. The Kier molecular flexibility index (Phi) is 8.10. The van der Waals surface area contributed by atoms with Gasteiger partial charge in [-0.05, 0) is 48.7 Å². The molecule has 2 amide bonds. The number of carbonyl (C=O) groups excluding carboxylic acids is 2. The van der Waals surface area contributed by atoms with Gasteiger partial charge in [-0.25, -0.2) is 9.37 Å². The summed E-state index contributed by atoms with van der Waals surface area (Å²) in [6.07, 6.45) is 9.07. The summed E-state index contributed by atoms with van der Waals surface area (Å²) in [7, 11) is 3.01. The van der Waals surface area contributed by atoms with Crippen LogP contribution in [0.1, 0.15) is 54.2 Å². The predicted molar refractivity (Wildman–Crippen MR) is 133 cm³/mol. The van der Waals surface area contributed by atoms with Crippen molar-refractivity contribution in [1.82, 2.24) is 15.3 Å². The molecule has 1 N–H and O–H groups in total. The molecule has 1 saturated carbocycles. The van der Waals surface area contributed by atoms with Crippen LogP contribution in [0.4, 0.5) is 10.1 Å². The van der Waals surface area contributed by atoms with Gasteiger partial charge in [-0.3, -0.25) is 19.5 Å². The number of carbonyl (C=O) groups is 2. The maximum absolute atomic E-state index is 14.3. The van der Waals surface area contributed by atoms with Crippen LogP contribution >= 0.6 is 0 Å². The lowest BCUT2D eigenvalue weighted by Crippen LogP contribution is -2.47. The summed E-state index contributed by atoms with van der Waals surface area (Å²) >= 11 is 0. The minimum Gasteiger partial charge on any atom is -0.493 e. The highest BCUT2D eigenvalue weighted by molar-refractivity contribution is 6.09. The number of nitrogens with zero attached hydrogens (tertiary/aromatic N) is 3. The van der Waals surface area contributed by atoms with Crippen molar-refractivity contribution in [3.05, 3.63) is 78.1 Å². The zero-order valence-corrected chi connectivity index (χ0v) is 20.3. The summed E-state index contributed by atoms with van der Waals surface area (Å²) in [4.78, 5) is 37.1. The van der Waals surface area contributed by atoms with Crippen LogP contribution in [0.25, 0.3) is 0 Å². The summed E-state index contributed by atoms with van der Waals surface area (Å²) < 4.78 is 25.2. The molecule has 1 aliphatic carbocycles. The van der Waals surface area contributed by atoms with E-state index in [0.29, 0.717) is 17.1 Å². The molecular weight excluding hydrogens is 463 g/mol. The number of anilines is 1. The number of hydrogen-bond acceptors (Lipinski definition) is 6. The molecule has 0 saturated heterocycles. The average molecular weight is 493 g/mol. The maximum atomic E-state index is 14.3. The topological polar surface area (TPSA) is 93.7 Å². The highest BCUT2D eigenvalue weighted by atomic mass is 19.1. The van der Waals surface area contributed by atoms with Crippen molar-refractivity contribution in [2.45, 2.75) is 44.2 Å². The Morgan fingerprint density at radius 3 is 2.47 bits per heavy atom. The second kappa shape index (κ2) is 11.6. The predicted octanol–water partition coefficient (Wildman–Crippen LogP) is 4.47. The molecule has 188 valence electrons. The highest BCUT2D eigenvalue weighted by Gasteiger charge is 2.36. The van der Waals surface area contributed by atoms with Gasteiger partial charge in [-0.15, -0.1) is 0 Å². The van der Waals surface area contributed by atoms with Crippen molar-refractivity contribution in [2.24, 2.45) is 0 Å². The van der Waals surface area contributed by atoms with Crippen LogP contribution in [0.15, 0.2) is 61.1 Å². The van der Waals surface area contributed by atoms with Crippen LogP contribution in [0, 0.1) is 5.82 Å². The average Bonchev–Trinajstić information content (AvgIpc) is 2.92. The van der Waals surface area contributed by atoms with Crippen LogP contribution in [-0.2, 0) is 4.79 Å². The van der Waals surface area contributed by atoms with Gasteiger partial charge in [0.15, 0.2) is 11.5 Å². The summed E-state index contributed by atoms with van der Waals surface area (Å²) in [5, 5.41) is 3.12. The van der Waals surface area contributed by atoms with E-state index in [1.165, 1.54) is 55.9 Å². The largest absolute Gasteiger partial charge is 0.493 e. The highest BCUT2D eigenvalue weighted by Crippen LogP contribution is 2.35. The third kappa shape index (κ3) is 5.62. The fourth-order valence-corrected chi connectivity index (χ4v) is 4.51. The summed E-state index contributed by atoms with van der Waals surface area (Å²) in [6, 6.07) is 9.45. The Morgan fingerprint density at radius 2 is 1.81 bits per heavy atom. The number of nitrogens with one attached hydrogen (secondary N) is 1. The van der Waals surface area contributed by atoms with E-state index in [0.717, 1.165) is 32.1 Å². The van der Waals surface area contributed by atoms with E-state index in [1.54, 1.807) is 24.3 Å². The molecule has 2 aromatic carbocycles. The van der Waals surface area contributed by atoms with Gasteiger partial charge in [0.05, 0.1) is 20.4 Å². The molecule has 0 radical (unpaired) electrons. The Bertz CT molecular complexity index is 1200. The molecule has 1 aromatic heterocycles. The van der Waals surface area contributed by atoms with Crippen molar-refractivity contribution in [1.29, 1.82) is 0 Å². The van der Waals surface area contributed by atoms with Gasteiger partial charge in [0.25, 0.3) is 5.91 Å². The molecule has 4 rings (SSSR count). The normalized spacial score (nSPS) is 14.5. The molecular formula is C27H29FN4O4. The van der Waals surface area contributed by atoms with Gasteiger partial charge >= 0.3 is 0 Å². The van der Waals surface area contributed by atoms with E-state index in [1.807, 2.05) is 0 Å². The molecule has 1 heterocycles. The summed E-state index contributed by atoms with van der Waals surface area (Å²) in [6.45, 7) is 0. The van der Waals surface area contributed by atoms with E-state index in [-0.39, 0.29) is 23.3 Å². The zero-order valence-electron chi connectivity index (χ0n) is 20.3. The molecule has 0 spiro atoms. The first-order chi connectivity index (χ1) is 17.5. The minimum absolute atomic E-state index is 0.00475. The van der Waals surface area contributed by atoms with Crippen molar-refractivity contribution in [3.63, 3.8) is 0 Å². The summed E-state index contributed by atoms with van der Waals surface area (Å²) in [5.41, 5.74) is 0.712. The molecule has 0 bridgehead atoms. The molecule has 0 unspecified atom stereocenters. The van der Waals surface area contributed by atoms with E-state index >= 15 is 0 Å². The zero-order chi connectivity index (χ0) is 25.5. The second-order valence-electron chi connectivity index (χ2n) is 8.61. The number of ether oxygens (including phenoxy) is 2. The molecule has 0 aliphatic heterocycles. The molecule has 36 heavy (non-hydrogen) atoms. The Hall–Kier alpha value is -4.01. The van der Waals surface area contributed by atoms with Crippen LogP contribution in [-0.4, -0.2) is 42.0 Å². The number of methoxy groups -OCH3 is 2. The van der Waals surface area contributed by atoms with Crippen LogP contribution in [0.5, 0.6) is 11.5 Å². The third-order valence-electron chi connectivity index (χ3n) is 6.27. The van der Waals surface area contributed by atoms with E-state index < -0.39 is 17.8 Å². The first-order valence-electron chi connectivity index (χ1n) is 11.9. The number of hydrogen-bond donors (Lipinski definition) is 1. The van der Waals surface area contributed by atoms with Crippen LogP contribution in [0.2, 0.25) is 0 Å². The van der Waals surface area contributed by atoms with Crippen LogP contribution < -0.4 is 19.7 Å². The Balaban J connectivity index is 1.85. The lowest BCUT2D eigenvalue weighted by molar-refractivity contribution is -0.123. The standard InChI is InChI=1S/C27H29FN4O4/c1-35-23-12-11-18(15-24(23)36-2)25(26(33)31-20-8-4-3-5-9-20)32(21-10-6-7-19(28)16-21)27(34)22-17-29-13-14-30-22/h6-7,10-17,20,25H,3-5,8-9H2,1-2H3,(H,31,33)/t25-/m0/s1. The van der Waals surface area contributed by atoms with Gasteiger partial charge in [-0.2, -0.15) is 0 Å². The third-order valence-corrected chi connectivity index (χ3v) is 6.27. The van der Waals surface area contributed by atoms with Gasteiger partial charge < -0.3 is 14.8 Å². The Labute approximate surface area is 209 Å². The summed E-state index contributed by atoms with van der Waals surface area (Å²) in [5.74, 6) is -0.632. The molecule has 8 nitrogen and oxygen atoms in total. The lowest BCUT2D eigenvalue weighted by Gasteiger charge is -2.33. The smallest absolute Gasteiger partial charge is 0.279 e. The molecule has 1 atom stereocenters. The quantitative estimate of drug-likeness (QED) is 0.499. The fraction of sp³-hybridized carbons (Fsp3) is 0.333. The minimum atomic E-state index is -1.14. The van der Waals surface area contributed by atoms with Crippen molar-refractivity contribution < 1.29 is 23.5 Å². The SMILES string of the molecule is COc1ccc([C@@H](C(=O)NC2CCCCC2)N(C(=O)c2cnccn2)c2cccc(F)c2)cc1OC. The number of rotatable bonds is 8. The fourth-order valence-electron chi connectivity index (χ4n) is 4.51. The van der Waals surface area contributed by atoms with Crippen molar-refractivity contribution >= 4 is 17.5 Å². The van der Waals surface area contributed by atoms with Crippen molar-refractivity contribution in [3.8, 4) is 11.5 Å². The van der Waals surface area contributed by atoms with Crippen LogP contribution in [0.3, 0.4) is 0 Å². The van der Waals surface area contributed by atoms with E-state index in [2.05, 4.69) is 15.3 Å². The van der Waals surface area contributed by atoms with E-state index in [4.69, 9.17) is 9.47 Å². The van der Waals surface area contributed by atoms with Gasteiger partial charge in [0.1, 0.15) is 17.6 Å². The van der Waals surface area contributed by atoms with Gasteiger partial charge in [0, 0.05) is 24.1 Å². The van der Waals surface area contributed by atoms with E-state index in [9.17, 15) is 14.0 Å². The first kappa shape index (κ1) is 25.1. The molecule has 3 aromatic rings. The van der Waals surface area contributed by atoms with Gasteiger partial charge in [0.2, 0.25) is 5.91 Å². The number of aromatic nitrogens is 2. The molecule has 9 heteroatoms. The van der Waals surface area contributed by atoms with Gasteiger partial charge in [-0.1, -0.05) is 31.4 Å².